The van der Waals surface area contributed by atoms with Crippen LogP contribution in [0, 0.1) is 6.92 Å². The lowest BCUT2D eigenvalue weighted by molar-refractivity contribution is -0.120. The van der Waals surface area contributed by atoms with Gasteiger partial charge in [0, 0.05) is 16.8 Å². The van der Waals surface area contributed by atoms with Crippen molar-refractivity contribution in [2.45, 2.75) is 6.92 Å². The number of benzene rings is 2. The lowest BCUT2D eigenvalue weighted by Gasteiger charge is -2.06. The zero-order valence-corrected chi connectivity index (χ0v) is 13.8. The lowest BCUT2D eigenvalue weighted by Crippen LogP contribution is -2.19. The van der Waals surface area contributed by atoms with Crippen LogP contribution in [-0.4, -0.2) is 18.4 Å². The maximum Gasteiger partial charge on any atom is 0.255 e. The molecule has 3 N–H and O–H groups in total. The van der Waals surface area contributed by atoms with Gasteiger partial charge in [-0.2, -0.15) is 0 Å². The number of rotatable bonds is 6. The molecule has 0 saturated heterocycles. The average Bonchev–Trinajstić information content (AvgIpc) is 2.54. The summed E-state index contributed by atoms with van der Waals surface area (Å²) < 4.78 is 5.16. The number of halogens is 1. The second-order valence-electron chi connectivity index (χ2n) is 5.11. The van der Waals surface area contributed by atoms with Gasteiger partial charge in [-0.1, -0.05) is 23.7 Å². The van der Waals surface area contributed by atoms with Crippen LogP contribution in [0.25, 0.3) is 6.08 Å². The molecule has 2 rings (SSSR count). The molecule has 0 aliphatic carbocycles. The molecule has 0 saturated carbocycles. The van der Waals surface area contributed by atoms with E-state index < -0.39 is 5.91 Å². The van der Waals surface area contributed by atoms with Crippen LogP contribution in [0.3, 0.4) is 0 Å². The Balaban J connectivity index is 1.94. The molecule has 6 heteroatoms. The molecule has 0 aliphatic heterocycles. The lowest BCUT2D eigenvalue weighted by atomic mass is 10.2. The summed E-state index contributed by atoms with van der Waals surface area (Å²) in [6.07, 6.45) is 3.12. The highest BCUT2D eigenvalue weighted by molar-refractivity contribution is 6.30. The minimum atomic E-state index is -0.534. The van der Waals surface area contributed by atoms with Crippen LogP contribution in [0.5, 0.6) is 5.75 Å². The van der Waals surface area contributed by atoms with E-state index in [1.807, 2.05) is 6.92 Å². The van der Waals surface area contributed by atoms with Crippen LogP contribution < -0.4 is 15.8 Å². The van der Waals surface area contributed by atoms with Crippen LogP contribution in [0.2, 0.25) is 5.02 Å². The number of amides is 2. The summed E-state index contributed by atoms with van der Waals surface area (Å²) in [6, 6.07) is 12.2. The van der Waals surface area contributed by atoms with Crippen molar-refractivity contribution >= 4 is 35.2 Å². The van der Waals surface area contributed by atoms with E-state index in [1.165, 1.54) is 6.08 Å². The van der Waals surface area contributed by atoms with Crippen molar-refractivity contribution < 1.29 is 14.3 Å². The molecule has 5 nitrogen and oxygen atoms in total. The third-order valence-electron chi connectivity index (χ3n) is 3.13. The molecule has 2 amide bonds. The van der Waals surface area contributed by atoms with E-state index in [9.17, 15) is 9.59 Å². The Morgan fingerprint density at radius 2 is 1.92 bits per heavy atom. The predicted octanol–water partition coefficient (Wildman–Crippen LogP) is 3.16. The summed E-state index contributed by atoms with van der Waals surface area (Å²) in [5, 5.41) is 3.42. The maximum atomic E-state index is 12.0. The van der Waals surface area contributed by atoms with Crippen molar-refractivity contribution in [1.29, 1.82) is 0 Å². The van der Waals surface area contributed by atoms with Crippen molar-refractivity contribution in [3.63, 3.8) is 0 Å². The van der Waals surface area contributed by atoms with Gasteiger partial charge in [0.15, 0.2) is 6.61 Å². The summed E-state index contributed by atoms with van der Waals surface area (Å²) in [5.74, 6) is -0.241. The van der Waals surface area contributed by atoms with Crippen LogP contribution in [0.1, 0.15) is 11.1 Å². The number of carbonyl (C=O) groups is 2. The zero-order valence-electron chi connectivity index (χ0n) is 13.1. The number of ether oxygens (including phenoxy) is 1. The van der Waals surface area contributed by atoms with Gasteiger partial charge >= 0.3 is 0 Å². The summed E-state index contributed by atoms with van der Waals surface area (Å²) in [6.45, 7) is 1.70. The Kier molecular flexibility index (Phi) is 5.98. The van der Waals surface area contributed by atoms with Gasteiger partial charge in [-0.05, 0) is 54.5 Å². The number of primary amides is 1. The first-order valence-electron chi connectivity index (χ1n) is 7.20. The van der Waals surface area contributed by atoms with Gasteiger partial charge in [0.1, 0.15) is 5.75 Å². The highest BCUT2D eigenvalue weighted by Crippen LogP contribution is 2.19. The number of anilines is 1. The second-order valence-corrected chi connectivity index (χ2v) is 5.54. The average molecular weight is 345 g/mol. The molecule has 0 atom stereocenters. The molecule has 0 fully saturated rings. The summed E-state index contributed by atoms with van der Waals surface area (Å²) in [5.41, 5.74) is 7.43. The molecule has 0 radical (unpaired) electrons. The number of aryl methyl sites for hydroxylation is 1. The van der Waals surface area contributed by atoms with Gasteiger partial charge in [0.2, 0.25) is 5.91 Å². The van der Waals surface area contributed by atoms with Crippen molar-refractivity contribution in [2.75, 3.05) is 11.9 Å². The number of nitrogens with one attached hydrogen (secondary N) is 1. The summed E-state index contributed by atoms with van der Waals surface area (Å²) in [7, 11) is 0. The van der Waals surface area contributed by atoms with Crippen LogP contribution in [-0.2, 0) is 9.59 Å². The van der Waals surface area contributed by atoms with Crippen molar-refractivity contribution in [1.82, 2.24) is 0 Å². The van der Waals surface area contributed by atoms with E-state index in [0.29, 0.717) is 16.5 Å². The highest BCUT2D eigenvalue weighted by Gasteiger charge is 2.02. The van der Waals surface area contributed by atoms with E-state index in [2.05, 4.69) is 5.32 Å². The minimum Gasteiger partial charge on any atom is -0.484 e. The first-order chi connectivity index (χ1) is 11.4. The normalized spacial score (nSPS) is 10.6. The standard InChI is InChI=1S/C18H17ClN2O3/c1-12-10-14(19)5-8-16(12)21-18(23)9-4-13-2-6-15(7-3-13)24-11-17(20)22/h2-10H,11H2,1H3,(H2,20,22)(H,21,23)/b9-4+. The van der Waals surface area contributed by atoms with Gasteiger partial charge < -0.3 is 15.8 Å². The van der Waals surface area contributed by atoms with Crippen LogP contribution >= 0.6 is 11.6 Å². The fourth-order valence-corrected chi connectivity index (χ4v) is 2.17. The molecular formula is C18H17ClN2O3. The largest absolute Gasteiger partial charge is 0.484 e. The Bertz CT molecular complexity index is 770. The molecule has 2 aromatic carbocycles. The van der Waals surface area contributed by atoms with Gasteiger partial charge in [-0.25, -0.2) is 0 Å². The molecular weight excluding hydrogens is 328 g/mol. The Labute approximate surface area is 145 Å². The van der Waals surface area contributed by atoms with Crippen molar-refractivity contribution in [3.05, 3.63) is 64.7 Å². The molecule has 2 aromatic rings. The molecule has 0 aliphatic rings. The van der Waals surface area contributed by atoms with E-state index in [0.717, 1.165) is 11.1 Å². The quantitative estimate of drug-likeness (QED) is 0.790. The number of carbonyl (C=O) groups excluding carboxylic acids is 2. The van der Waals surface area contributed by atoms with Crippen LogP contribution in [0.4, 0.5) is 5.69 Å². The summed E-state index contributed by atoms with van der Waals surface area (Å²) in [4.78, 5) is 22.6. The fourth-order valence-electron chi connectivity index (χ4n) is 1.94. The van der Waals surface area contributed by atoms with E-state index in [-0.39, 0.29) is 12.5 Å². The molecule has 0 bridgehead atoms. The highest BCUT2D eigenvalue weighted by atomic mass is 35.5. The van der Waals surface area contributed by atoms with Crippen LogP contribution in [0.15, 0.2) is 48.5 Å². The molecule has 24 heavy (non-hydrogen) atoms. The van der Waals surface area contributed by atoms with Gasteiger partial charge in [-0.15, -0.1) is 0 Å². The van der Waals surface area contributed by atoms with Crippen molar-refractivity contribution in [2.24, 2.45) is 5.73 Å². The monoisotopic (exact) mass is 344 g/mol. The topological polar surface area (TPSA) is 81.4 Å². The Morgan fingerprint density at radius 3 is 2.54 bits per heavy atom. The number of hydrogen-bond acceptors (Lipinski definition) is 3. The van der Waals surface area contributed by atoms with Gasteiger partial charge in [-0.3, -0.25) is 9.59 Å². The molecule has 0 aromatic heterocycles. The van der Waals surface area contributed by atoms with E-state index in [4.69, 9.17) is 22.1 Å². The van der Waals surface area contributed by atoms with E-state index in [1.54, 1.807) is 48.5 Å². The Hall–Kier alpha value is -2.79. The Morgan fingerprint density at radius 1 is 1.21 bits per heavy atom. The predicted molar refractivity (Wildman–Crippen MR) is 95.0 cm³/mol. The SMILES string of the molecule is Cc1cc(Cl)ccc1NC(=O)/C=C/c1ccc(OCC(N)=O)cc1. The smallest absolute Gasteiger partial charge is 0.255 e. The maximum absolute atomic E-state index is 12.0. The van der Waals surface area contributed by atoms with E-state index >= 15 is 0 Å². The first-order valence-corrected chi connectivity index (χ1v) is 7.58. The molecule has 0 spiro atoms. The second kappa shape index (κ2) is 8.17. The number of nitrogens with two attached hydrogens (primary N) is 1. The van der Waals surface area contributed by atoms with Gasteiger partial charge in [0.05, 0.1) is 0 Å². The molecule has 124 valence electrons. The van der Waals surface area contributed by atoms with Gasteiger partial charge in [0.25, 0.3) is 5.91 Å². The molecule has 0 heterocycles. The summed E-state index contributed by atoms with van der Waals surface area (Å²) >= 11 is 5.88. The minimum absolute atomic E-state index is 0.169. The zero-order chi connectivity index (χ0) is 17.5. The third-order valence-corrected chi connectivity index (χ3v) is 3.37. The third kappa shape index (κ3) is 5.44. The first kappa shape index (κ1) is 17.6. The fraction of sp³-hybridized carbons (Fsp3) is 0.111. The molecule has 0 unspecified atom stereocenters. The van der Waals surface area contributed by atoms with Crippen molar-refractivity contribution in [3.8, 4) is 5.75 Å². The number of hydrogen-bond donors (Lipinski definition) is 2.